The Kier molecular flexibility index (Phi) is 5.46. The van der Waals surface area contributed by atoms with Crippen LogP contribution in [0.1, 0.15) is 29.4 Å². The molecule has 9 heteroatoms. The Balaban J connectivity index is 2.73. The van der Waals surface area contributed by atoms with E-state index in [1.807, 2.05) is 13.0 Å². The lowest BCUT2D eigenvalue weighted by Crippen LogP contribution is -2.26. The number of benzene rings is 1. The number of hydrogen-bond donors (Lipinski definition) is 2. The molecule has 2 aromatic rings. The lowest BCUT2D eigenvalue weighted by molar-refractivity contribution is 0.0593. The molecule has 25 heavy (non-hydrogen) atoms. The first-order valence-electron chi connectivity index (χ1n) is 7.45. The average molecular weight is 362 g/mol. The number of nitriles is 1. The average Bonchev–Trinajstić information content (AvgIpc) is 2.95. The molecule has 0 atom stereocenters. The maximum atomic E-state index is 12.6. The Hall–Kier alpha value is -2.83. The molecule has 0 bridgehead atoms. The van der Waals surface area contributed by atoms with Crippen molar-refractivity contribution in [1.29, 1.82) is 5.26 Å². The lowest BCUT2D eigenvalue weighted by Gasteiger charge is -2.14. The zero-order chi connectivity index (χ0) is 18.6. The highest BCUT2D eigenvalue weighted by Crippen LogP contribution is 2.28. The molecule has 0 saturated heterocycles. The van der Waals surface area contributed by atoms with Gasteiger partial charge in [0.25, 0.3) is 0 Å². The minimum Gasteiger partial charge on any atom is -0.464 e. The number of carbonyl (C=O) groups is 1. The molecule has 132 valence electrons. The van der Waals surface area contributed by atoms with Gasteiger partial charge in [0.1, 0.15) is 11.0 Å². The van der Waals surface area contributed by atoms with Crippen molar-refractivity contribution in [3.63, 3.8) is 0 Å². The van der Waals surface area contributed by atoms with Crippen LogP contribution in [0.5, 0.6) is 0 Å². The number of aromatic nitrogens is 1. The van der Waals surface area contributed by atoms with Gasteiger partial charge in [-0.25, -0.2) is 17.9 Å². The Labute approximate surface area is 145 Å². The first-order valence-corrected chi connectivity index (χ1v) is 8.94. The standard InChI is InChI=1S/C16H18N4O4S/c1-3-8-19-25(22,23)13-7-5-4-6-12(13)20-10-11(9-17)14(18)15(20)16(21)24-2/h4-7,10,19H,3,8,18H2,1-2H3. The van der Waals surface area contributed by atoms with Crippen molar-refractivity contribution in [3.05, 3.63) is 41.7 Å². The molecule has 0 aliphatic heterocycles. The molecule has 1 heterocycles. The molecule has 8 nitrogen and oxygen atoms in total. The summed E-state index contributed by atoms with van der Waals surface area (Å²) in [6, 6.07) is 8.01. The number of nitrogen functional groups attached to an aromatic ring is 1. The highest BCUT2D eigenvalue weighted by Gasteiger charge is 2.26. The Morgan fingerprint density at radius 1 is 1.40 bits per heavy atom. The van der Waals surface area contributed by atoms with Gasteiger partial charge in [-0.15, -0.1) is 0 Å². The summed E-state index contributed by atoms with van der Waals surface area (Å²) < 4.78 is 33.6. The van der Waals surface area contributed by atoms with Crippen LogP contribution in [-0.4, -0.2) is 32.6 Å². The van der Waals surface area contributed by atoms with Crippen LogP contribution < -0.4 is 10.5 Å². The van der Waals surface area contributed by atoms with Crippen LogP contribution in [0.15, 0.2) is 35.4 Å². The molecule has 1 aromatic heterocycles. The van der Waals surface area contributed by atoms with Gasteiger partial charge >= 0.3 is 5.97 Å². The van der Waals surface area contributed by atoms with E-state index in [0.717, 1.165) is 0 Å². The highest BCUT2D eigenvalue weighted by atomic mass is 32.2. The van der Waals surface area contributed by atoms with Gasteiger partial charge in [0, 0.05) is 12.7 Å². The van der Waals surface area contributed by atoms with Crippen LogP contribution in [0.4, 0.5) is 5.69 Å². The van der Waals surface area contributed by atoms with Crippen molar-refractivity contribution >= 4 is 21.7 Å². The van der Waals surface area contributed by atoms with E-state index in [2.05, 4.69) is 4.72 Å². The number of para-hydroxylation sites is 1. The molecule has 0 aliphatic carbocycles. The Morgan fingerprint density at radius 3 is 2.68 bits per heavy atom. The van der Waals surface area contributed by atoms with Gasteiger partial charge in [-0.3, -0.25) is 0 Å². The number of rotatable bonds is 6. The van der Waals surface area contributed by atoms with Crippen molar-refractivity contribution < 1.29 is 17.9 Å². The van der Waals surface area contributed by atoms with Gasteiger partial charge in [-0.05, 0) is 18.6 Å². The second-order valence-electron chi connectivity index (χ2n) is 5.14. The third-order valence-electron chi connectivity index (χ3n) is 3.50. The molecule has 0 fully saturated rings. The van der Waals surface area contributed by atoms with Gasteiger partial charge in [0.05, 0.1) is 24.0 Å². The maximum Gasteiger partial charge on any atom is 0.357 e. The number of nitrogens with one attached hydrogen (secondary N) is 1. The number of sulfonamides is 1. The molecule has 0 aliphatic rings. The van der Waals surface area contributed by atoms with E-state index < -0.39 is 16.0 Å². The first kappa shape index (κ1) is 18.5. The third kappa shape index (κ3) is 3.50. The van der Waals surface area contributed by atoms with Crippen LogP contribution in [0, 0.1) is 11.3 Å². The third-order valence-corrected chi connectivity index (χ3v) is 5.01. The van der Waals surface area contributed by atoms with E-state index in [-0.39, 0.29) is 34.1 Å². The number of nitrogens with two attached hydrogens (primary N) is 1. The summed E-state index contributed by atoms with van der Waals surface area (Å²) in [6.45, 7) is 2.12. The summed E-state index contributed by atoms with van der Waals surface area (Å²) in [6.07, 6.45) is 1.94. The number of nitrogens with zero attached hydrogens (tertiary/aromatic N) is 2. The van der Waals surface area contributed by atoms with Crippen molar-refractivity contribution in [2.45, 2.75) is 18.2 Å². The normalized spacial score (nSPS) is 11.1. The van der Waals surface area contributed by atoms with Crippen LogP contribution in [0.25, 0.3) is 5.69 Å². The fraction of sp³-hybridized carbons (Fsp3) is 0.250. The zero-order valence-electron chi connectivity index (χ0n) is 13.8. The molecular weight excluding hydrogens is 344 g/mol. The first-order chi connectivity index (χ1) is 11.9. The molecule has 0 amide bonds. The number of hydrogen-bond acceptors (Lipinski definition) is 6. The Morgan fingerprint density at radius 2 is 2.08 bits per heavy atom. The van der Waals surface area contributed by atoms with Gasteiger partial charge in [-0.1, -0.05) is 19.1 Å². The predicted octanol–water partition coefficient (Wildman–Crippen LogP) is 1.41. The van der Waals surface area contributed by atoms with E-state index in [1.165, 1.54) is 30.0 Å². The van der Waals surface area contributed by atoms with Gasteiger partial charge < -0.3 is 15.0 Å². The smallest absolute Gasteiger partial charge is 0.357 e. The largest absolute Gasteiger partial charge is 0.464 e. The summed E-state index contributed by atoms with van der Waals surface area (Å²) >= 11 is 0. The van der Waals surface area contributed by atoms with E-state index in [0.29, 0.717) is 6.42 Å². The minimum atomic E-state index is -3.81. The lowest BCUT2D eigenvalue weighted by atomic mass is 10.2. The summed E-state index contributed by atoms with van der Waals surface area (Å²) in [5.41, 5.74) is 5.94. The second kappa shape index (κ2) is 7.38. The van der Waals surface area contributed by atoms with Crippen LogP contribution >= 0.6 is 0 Å². The van der Waals surface area contributed by atoms with Crippen molar-refractivity contribution in [2.75, 3.05) is 19.4 Å². The fourth-order valence-electron chi connectivity index (χ4n) is 2.30. The van der Waals surface area contributed by atoms with Crippen molar-refractivity contribution in [1.82, 2.24) is 9.29 Å². The molecular formula is C16H18N4O4S. The van der Waals surface area contributed by atoms with Crippen molar-refractivity contribution in [3.8, 4) is 11.8 Å². The molecule has 1 aromatic carbocycles. The molecule has 0 radical (unpaired) electrons. The van der Waals surface area contributed by atoms with Crippen LogP contribution in [-0.2, 0) is 14.8 Å². The molecule has 0 unspecified atom stereocenters. The maximum absolute atomic E-state index is 12.6. The fourth-order valence-corrected chi connectivity index (χ4v) is 3.63. The van der Waals surface area contributed by atoms with Crippen LogP contribution in [0.3, 0.4) is 0 Å². The van der Waals surface area contributed by atoms with E-state index in [4.69, 9.17) is 10.5 Å². The monoisotopic (exact) mass is 362 g/mol. The number of methoxy groups -OCH3 is 1. The number of esters is 1. The summed E-state index contributed by atoms with van der Waals surface area (Å²) in [7, 11) is -2.63. The highest BCUT2D eigenvalue weighted by molar-refractivity contribution is 7.89. The number of anilines is 1. The second-order valence-corrected chi connectivity index (χ2v) is 6.88. The van der Waals surface area contributed by atoms with E-state index in [9.17, 15) is 18.5 Å². The topological polar surface area (TPSA) is 127 Å². The predicted molar refractivity (Wildman–Crippen MR) is 91.7 cm³/mol. The molecule has 3 N–H and O–H groups in total. The quantitative estimate of drug-likeness (QED) is 0.748. The van der Waals surface area contributed by atoms with E-state index in [1.54, 1.807) is 12.1 Å². The minimum absolute atomic E-state index is 0.0342. The zero-order valence-corrected chi connectivity index (χ0v) is 14.6. The van der Waals surface area contributed by atoms with E-state index >= 15 is 0 Å². The number of carbonyl (C=O) groups excluding carboxylic acids is 1. The molecule has 2 rings (SSSR count). The summed E-state index contributed by atoms with van der Waals surface area (Å²) in [5, 5.41) is 9.18. The van der Waals surface area contributed by atoms with Crippen molar-refractivity contribution in [2.24, 2.45) is 0 Å². The van der Waals surface area contributed by atoms with Gasteiger partial charge in [0.15, 0.2) is 5.69 Å². The number of ether oxygens (including phenoxy) is 1. The summed E-state index contributed by atoms with van der Waals surface area (Å²) in [5.74, 6) is -0.771. The van der Waals surface area contributed by atoms with Gasteiger partial charge in [-0.2, -0.15) is 5.26 Å². The Bertz CT molecular complexity index is 942. The van der Waals surface area contributed by atoms with Gasteiger partial charge in [0.2, 0.25) is 10.0 Å². The SMILES string of the molecule is CCCNS(=O)(=O)c1ccccc1-n1cc(C#N)c(N)c1C(=O)OC. The van der Waals surface area contributed by atoms with Crippen LogP contribution in [0.2, 0.25) is 0 Å². The molecule has 0 saturated carbocycles. The summed E-state index contributed by atoms with van der Waals surface area (Å²) in [4.78, 5) is 12.1. The molecule has 0 spiro atoms.